The van der Waals surface area contributed by atoms with Crippen molar-refractivity contribution in [2.45, 2.75) is 33.2 Å². The molecule has 0 unspecified atom stereocenters. The van der Waals surface area contributed by atoms with Gasteiger partial charge in [-0.3, -0.25) is 4.79 Å². The van der Waals surface area contributed by atoms with Crippen molar-refractivity contribution in [2.75, 3.05) is 36.4 Å². The molecule has 2 aliphatic rings. The van der Waals surface area contributed by atoms with E-state index < -0.39 is 0 Å². The Morgan fingerprint density at radius 2 is 1.93 bits per heavy atom. The fraction of sp³-hybridized carbons (Fsp3) is 0.429. The molecule has 0 saturated carbocycles. The fourth-order valence-corrected chi connectivity index (χ4v) is 3.69. The van der Waals surface area contributed by atoms with E-state index in [0.717, 1.165) is 22.9 Å². The maximum Gasteiger partial charge on any atom is 0.321 e. The molecule has 1 aromatic heterocycles. The number of hydrogen-bond acceptors (Lipinski definition) is 5. The topological polar surface area (TPSA) is 90.5 Å². The van der Waals surface area contributed by atoms with Gasteiger partial charge in [0.05, 0.1) is 0 Å². The second kappa shape index (κ2) is 7.69. The molecule has 3 heterocycles. The van der Waals surface area contributed by atoms with E-state index >= 15 is 0 Å². The SMILES string of the molecule is Cc1cc(C(C)C)nc(N2CCN(C(=O)Nc3cccc4c3CNC4=O)CC2)n1. The predicted molar refractivity (Wildman–Crippen MR) is 111 cm³/mol. The van der Waals surface area contributed by atoms with Crippen molar-refractivity contribution >= 4 is 23.6 Å². The molecular weight excluding hydrogens is 368 g/mol. The summed E-state index contributed by atoms with van der Waals surface area (Å²) in [6, 6.07) is 7.28. The van der Waals surface area contributed by atoms with Gasteiger partial charge in [0.2, 0.25) is 5.95 Å². The first-order chi connectivity index (χ1) is 13.9. The molecule has 0 atom stereocenters. The minimum Gasteiger partial charge on any atom is -0.348 e. The Morgan fingerprint density at radius 3 is 2.66 bits per heavy atom. The summed E-state index contributed by atoms with van der Waals surface area (Å²) in [4.78, 5) is 37.8. The molecule has 2 aliphatic heterocycles. The van der Waals surface area contributed by atoms with Gasteiger partial charge < -0.3 is 20.4 Å². The molecule has 1 fully saturated rings. The van der Waals surface area contributed by atoms with Gasteiger partial charge in [0.1, 0.15) is 0 Å². The Balaban J connectivity index is 1.40. The first-order valence-corrected chi connectivity index (χ1v) is 9.99. The first kappa shape index (κ1) is 19.2. The van der Waals surface area contributed by atoms with E-state index in [0.29, 0.717) is 49.9 Å². The van der Waals surface area contributed by atoms with Crippen LogP contribution in [0.4, 0.5) is 16.4 Å². The minimum atomic E-state index is -0.148. The molecule has 2 aromatic rings. The van der Waals surface area contributed by atoms with Crippen LogP contribution >= 0.6 is 0 Å². The number of nitrogens with zero attached hydrogens (tertiary/aromatic N) is 4. The van der Waals surface area contributed by atoms with Gasteiger partial charge in [-0.2, -0.15) is 0 Å². The lowest BCUT2D eigenvalue weighted by atomic mass is 10.1. The van der Waals surface area contributed by atoms with E-state index in [9.17, 15) is 9.59 Å². The van der Waals surface area contributed by atoms with Crippen molar-refractivity contribution in [1.29, 1.82) is 0 Å². The average Bonchev–Trinajstić information content (AvgIpc) is 3.09. The summed E-state index contributed by atoms with van der Waals surface area (Å²) in [5.74, 6) is 0.986. The Labute approximate surface area is 170 Å². The summed E-state index contributed by atoms with van der Waals surface area (Å²) in [6.45, 7) is 9.22. The molecule has 1 aromatic carbocycles. The lowest BCUT2D eigenvalue weighted by molar-refractivity contribution is 0.0965. The smallest absolute Gasteiger partial charge is 0.321 e. The number of hydrogen-bond donors (Lipinski definition) is 2. The summed E-state index contributed by atoms with van der Waals surface area (Å²) < 4.78 is 0. The molecule has 0 spiro atoms. The highest BCUT2D eigenvalue weighted by Crippen LogP contribution is 2.25. The van der Waals surface area contributed by atoms with Crippen LogP contribution in [0.5, 0.6) is 0 Å². The van der Waals surface area contributed by atoms with Gasteiger partial charge in [0, 0.05) is 60.9 Å². The van der Waals surface area contributed by atoms with E-state index in [1.165, 1.54) is 0 Å². The van der Waals surface area contributed by atoms with Crippen LogP contribution in [0.3, 0.4) is 0 Å². The second-order valence-corrected chi connectivity index (χ2v) is 7.81. The van der Waals surface area contributed by atoms with Crippen LogP contribution in [-0.2, 0) is 6.54 Å². The van der Waals surface area contributed by atoms with Gasteiger partial charge >= 0.3 is 6.03 Å². The number of aromatic nitrogens is 2. The fourth-order valence-electron chi connectivity index (χ4n) is 3.69. The quantitative estimate of drug-likeness (QED) is 0.835. The molecule has 2 N–H and O–H groups in total. The van der Waals surface area contributed by atoms with Crippen molar-refractivity contribution in [3.05, 3.63) is 46.8 Å². The van der Waals surface area contributed by atoms with Crippen LogP contribution in [-0.4, -0.2) is 53.0 Å². The van der Waals surface area contributed by atoms with Crippen LogP contribution in [0.25, 0.3) is 0 Å². The van der Waals surface area contributed by atoms with E-state index in [1.54, 1.807) is 17.0 Å². The standard InChI is InChI=1S/C21H26N6O2/c1-13(2)18-11-14(3)23-20(24-18)26-7-9-27(10-8-26)21(29)25-17-6-4-5-15-16(17)12-22-19(15)28/h4-6,11,13H,7-10,12H2,1-3H3,(H,22,28)(H,25,29). The molecule has 1 saturated heterocycles. The largest absolute Gasteiger partial charge is 0.348 e. The number of carbonyl (C=O) groups excluding carboxylic acids is 2. The number of urea groups is 1. The Morgan fingerprint density at radius 1 is 1.17 bits per heavy atom. The highest BCUT2D eigenvalue weighted by Gasteiger charge is 2.26. The monoisotopic (exact) mass is 394 g/mol. The molecule has 4 rings (SSSR count). The second-order valence-electron chi connectivity index (χ2n) is 7.81. The van der Waals surface area contributed by atoms with Crippen molar-refractivity contribution in [3.8, 4) is 0 Å². The van der Waals surface area contributed by atoms with Crippen molar-refractivity contribution in [1.82, 2.24) is 20.2 Å². The number of rotatable bonds is 3. The maximum absolute atomic E-state index is 12.7. The molecular formula is C21H26N6O2. The number of piperazine rings is 1. The molecule has 8 nitrogen and oxygen atoms in total. The Bertz CT molecular complexity index is 950. The molecule has 0 bridgehead atoms. The van der Waals surface area contributed by atoms with Gasteiger partial charge in [-0.25, -0.2) is 14.8 Å². The lowest BCUT2D eigenvalue weighted by Crippen LogP contribution is -2.50. The normalized spacial score (nSPS) is 16.1. The summed E-state index contributed by atoms with van der Waals surface area (Å²) in [6.07, 6.45) is 0. The van der Waals surface area contributed by atoms with E-state index in [1.807, 2.05) is 19.1 Å². The van der Waals surface area contributed by atoms with Gasteiger partial charge in [-0.1, -0.05) is 19.9 Å². The number of carbonyl (C=O) groups is 2. The van der Waals surface area contributed by atoms with Crippen LogP contribution in [0.2, 0.25) is 0 Å². The molecule has 8 heteroatoms. The van der Waals surface area contributed by atoms with Crippen LogP contribution in [0, 0.1) is 6.92 Å². The molecule has 0 radical (unpaired) electrons. The maximum atomic E-state index is 12.7. The lowest BCUT2D eigenvalue weighted by Gasteiger charge is -2.35. The number of amides is 3. The third-order valence-corrected chi connectivity index (χ3v) is 5.39. The Kier molecular flexibility index (Phi) is 5.08. The van der Waals surface area contributed by atoms with Gasteiger partial charge in [-0.05, 0) is 31.0 Å². The van der Waals surface area contributed by atoms with Crippen LogP contribution in [0.15, 0.2) is 24.3 Å². The number of fused-ring (bicyclic) bond motifs is 1. The highest BCUT2D eigenvalue weighted by molar-refractivity contribution is 6.01. The average molecular weight is 394 g/mol. The van der Waals surface area contributed by atoms with Gasteiger partial charge in [-0.15, -0.1) is 0 Å². The molecule has 29 heavy (non-hydrogen) atoms. The van der Waals surface area contributed by atoms with E-state index in [-0.39, 0.29) is 11.9 Å². The predicted octanol–water partition coefficient (Wildman–Crippen LogP) is 2.51. The highest BCUT2D eigenvalue weighted by atomic mass is 16.2. The van der Waals surface area contributed by atoms with Gasteiger partial charge in [0.15, 0.2) is 0 Å². The minimum absolute atomic E-state index is 0.0939. The van der Waals surface area contributed by atoms with Crippen molar-refractivity contribution in [2.24, 2.45) is 0 Å². The number of benzene rings is 1. The third-order valence-electron chi connectivity index (χ3n) is 5.39. The zero-order valence-electron chi connectivity index (χ0n) is 17.0. The Hall–Kier alpha value is -3.16. The third kappa shape index (κ3) is 3.87. The van der Waals surface area contributed by atoms with Crippen molar-refractivity contribution < 1.29 is 9.59 Å². The van der Waals surface area contributed by atoms with E-state index in [2.05, 4.69) is 34.4 Å². The first-order valence-electron chi connectivity index (χ1n) is 9.99. The summed E-state index contributed by atoms with van der Waals surface area (Å²) in [5, 5.41) is 5.76. The number of nitrogens with one attached hydrogen (secondary N) is 2. The molecule has 152 valence electrons. The van der Waals surface area contributed by atoms with Gasteiger partial charge in [0.25, 0.3) is 5.91 Å². The van der Waals surface area contributed by atoms with Crippen LogP contribution in [0.1, 0.15) is 47.1 Å². The zero-order chi connectivity index (χ0) is 20.5. The summed E-state index contributed by atoms with van der Waals surface area (Å²) in [5.41, 5.74) is 4.16. The number of aryl methyl sites for hydroxylation is 1. The number of anilines is 2. The zero-order valence-corrected chi connectivity index (χ0v) is 17.0. The van der Waals surface area contributed by atoms with Crippen molar-refractivity contribution in [3.63, 3.8) is 0 Å². The summed E-state index contributed by atoms with van der Waals surface area (Å²) >= 11 is 0. The van der Waals surface area contributed by atoms with Crippen LogP contribution < -0.4 is 15.5 Å². The molecule has 3 amide bonds. The molecule has 0 aliphatic carbocycles. The summed E-state index contributed by atoms with van der Waals surface area (Å²) in [7, 11) is 0. The van der Waals surface area contributed by atoms with E-state index in [4.69, 9.17) is 4.98 Å².